The van der Waals surface area contributed by atoms with E-state index in [1.807, 2.05) is 6.92 Å². The molecule has 0 fully saturated rings. The number of benzene rings is 1. The first-order valence-electron chi connectivity index (χ1n) is 7.45. The summed E-state index contributed by atoms with van der Waals surface area (Å²) in [6, 6.07) is 8.50. The van der Waals surface area contributed by atoms with Crippen LogP contribution in [0.15, 0.2) is 24.3 Å². The van der Waals surface area contributed by atoms with E-state index in [0.717, 1.165) is 6.42 Å². The molecule has 1 aromatic carbocycles. The standard InChI is InChI=1S/C17H28N2O/c1-11(2)10-14-6-8-15(9-7-14)16(12(3)4)19-13(5)17(18)20/h6-9,11-13,16,19H,10H2,1-5H3,(H2,18,20)/t13-,16+/m1/s1. The second-order valence-corrected chi connectivity index (χ2v) is 6.35. The number of hydrogen-bond acceptors (Lipinski definition) is 2. The van der Waals surface area contributed by atoms with Gasteiger partial charge < -0.3 is 5.73 Å². The van der Waals surface area contributed by atoms with Crippen molar-refractivity contribution in [2.45, 2.75) is 53.1 Å². The van der Waals surface area contributed by atoms with Crippen molar-refractivity contribution < 1.29 is 4.79 Å². The molecule has 3 heteroatoms. The molecule has 112 valence electrons. The topological polar surface area (TPSA) is 55.1 Å². The third-order valence-electron chi connectivity index (χ3n) is 3.51. The molecule has 0 spiro atoms. The average Bonchev–Trinajstić information content (AvgIpc) is 2.35. The zero-order valence-corrected chi connectivity index (χ0v) is 13.3. The van der Waals surface area contributed by atoms with Crippen LogP contribution < -0.4 is 11.1 Å². The fourth-order valence-electron chi connectivity index (χ4n) is 2.36. The van der Waals surface area contributed by atoms with Gasteiger partial charge in [0.15, 0.2) is 0 Å². The minimum Gasteiger partial charge on any atom is -0.368 e. The molecule has 0 radical (unpaired) electrons. The molecule has 0 heterocycles. The van der Waals surface area contributed by atoms with Gasteiger partial charge in [-0.15, -0.1) is 0 Å². The Morgan fingerprint density at radius 1 is 1.10 bits per heavy atom. The largest absolute Gasteiger partial charge is 0.368 e. The first-order valence-corrected chi connectivity index (χ1v) is 7.45. The van der Waals surface area contributed by atoms with Crippen LogP contribution in [0.1, 0.15) is 51.8 Å². The van der Waals surface area contributed by atoms with Crippen LogP contribution in [0.2, 0.25) is 0 Å². The first-order chi connectivity index (χ1) is 9.31. The highest BCUT2D eigenvalue weighted by Gasteiger charge is 2.20. The number of nitrogens with one attached hydrogen (secondary N) is 1. The van der Waals surface area contributed by atoms with Crippen molar-refractivity contribution in [3.05, 3.63) is 35.4 Å². The molecule has 1 amide bonds. The molecule has 0 unspecified atom stereocenters. The molecule has 0 aliphatic carbocycles. The van der Waals surface area contributed by atoms with Crippen LogP contribution >= 0.6 is 0 Å². The SMILES string of the molecule is CC(C)Cc1ccc([C@@H](N[C@H](C)C(N)=O)C(C)C)cc1. The molecular weight excluding hydrogens is 248 g/mol. The van der Waals surface area contributed by atoms with Crippen LogP contribution in [-0.2, 0) is 11.2 Å². The molecule has 2 atom stereocenters. The summed E-state index contributed by atoms with van der Waals surface area (Å²) in [5.41, 5.74) is 7.90. The van der Waals surface area contributed by atoms with Gasteiger partial charge in [0.2, 0.25) is 5.91 Å². The van der Waals surface area contributed by atoms with E-state index in [9.17, 15) is 4.79 Å². The summed E-state index contributed by atoms with van der Waals surface area (Å²) in [6.07, 6.45) is 1.09. The van der Waals surface area contributed by atoms with E-state index in [4.69, 9.17) is 5.73 Å². The molecule has 20 heavy (non-hydrogen) atoms. The van der Waals surface area contributed by atoms with Gasteiger partial charge in [0.1, 0.15) is 0 Å². The lowest BCUT2D eigenvalue weighted by Gasteiger charge is -2.26. The highest BCUT2D eigenvalue weighted by atomic mass is 16.1. The number of primary amides is 1. The maximum atomic E-state index is 11.2. The van der Waals surface area contributed by atoms with Crippen molar-refractivity contribution in [3.8, 4) is 0 Å². The highest BCUT2D eigenvalue weighted by Crippen LogP contribution is 2.23. The molecule has 0 saturated carbocycles. The third kappa shape index (κ3) is 4.97. The second-order valence-electron chi connectivity index (χ2n) is 6.35. The maximum absolute atomic E-state index is 11.2. The predicted octanol–water partition coefficient (Wildman–Crippen LogP) is 3.05. The van der Waals surface area contributed by atoms with Crippen LogP contribution in [0.5, 0.6) is 0 Å². The molecule has 0 aliphatic rings. The molecule has 0 aromatic heterocycles. The van der Waals surface area contributed by atoms with Crippen molar-refractivity contribution in [2.24, 2.45) is 17.6 Å². The number of nitrogens with two attached hydrogens (primary N) is 1. The number of rotatable bonds is 7. The lowest BCUT2D eigenvalue weighted by Crippen LogP contribution is -2.42. The number of carbonyl (C=O) groups is 1. The van der Waals surface area contributed by atoms with Crippen LogP contribution in [0.4, 0.5) is 0 Å². The van der Waals surface area contributed by atoms with Crippen molar-refractivity contribution in [1.29, 1.82) is 0 Å². The van der Waals surface area contributed by atoms with Gasteiger partial charge in [-0.05, 0) is 36.3 Å². The van der Waals surface area contributed by atoms with Gasteiger partial charge in [0.05, 0.1) is 6.04 Å². The number of hydrogen-bond donors (Lipinski definition) is 2. The maximum Gasteiger partial charge on any atom is 0.234 e. The van der Waals surface area contributed by atoms with Gasteiger partial charge in [0.25, 0.3) is 0 Å². The van der Waals surface area contributed by atoms with E-state index in [1.165, 1.54) is 11.1 Å². The Balaban J connectivity index is 2.84. The Labute approximate surface area is 122 Å². The van der Waals surface area contributed by atoms with E-state index in [-0.39, 0.29) is 18.0 Å². The molecule has 3 N–H and O–H groups in total. The molecule has 0 saturated heterocycles. The Hall–Kier alpha value is -1.35. The Kier molecular flexibility index (Phi) is 6.21. The molecule has 1 rings (SSSR count). The summed E-state index contributed by atoms with van der Waals surface area (Å²) < 4.78 is 0. The number of amides is 1. The Morgan fingerprint density at radius 3 is 2.05 bits per heavy atom. The molecule has 0 aliphatic heterocycles. The van der Waals surface area contributed by atoms with Crippen molar-refractivity contribution in [2.75, 3.05) is 0 Å². The van der Waals surface area contributed by atoms with Gasteiger partial charge in [-0.25, -0.2) is 0 Å². The van der Waals surface area contributed by atoms with Gasteiger partial charge in [-0.1, -0.05) is 52.0 Å². The molecule has 1 aromatic rings. The van der Waals surface area contributed by atoms with Crippen LogP contribution in [0, 0.1) is 11.8 Å². The Bertz CT molecular complexity index is 423. The summed E-state index contributed by atoms with van der Waals surface area (Å²) in [7, 11) is 0. The first kappa shape index (κ1) is 16.7. The summed E-state index contributed by atoms with van der Waals surface area (Å²) in [5.74, 6) is 0.745. The van der Waals surface area contributed by atoms with Crippen LogP contribution in [-0.4, -0.2) is 11.9 Å². The third-order valence-corrected chi connectivity index (χ3v) is 3.51. The van der Waals surface area contributed by atoms with Gasteiger partial charge >= 0.3 is 0 Å². The summed E-state index contributed by atoms with van der Waals surface area (Å²) >= 11 is 0. The van der Waals surface area contributed by atoms with Crippen molar-refractivity contribution in [3.63, 3.8) is 0 Å². The molecular formula is C17H28N2O. The molecule has 0 bridgehead atoms. The lowest BCUT2D eigenvalue weighted by atomic mass is 9.93. The summed E-state index contributed by atoms with van der Waals surface area (Å²) in [5, 5.41) is 3.32. The van der Waals surface area contributed by atoms with Crippen molar-refractivity contribution >= 4 is 5.91 Å². The quantitative estimate of drug-likeness (QED) is 0.804. The average molecular weight is 276 g/mol. The minimum absolute atomic E-state index is 0.144. The normalized spacial score (nSPS) is 14.6. The fourth-order valence-corrected chi connectivity index (χ4v) is 2.36. The van der Waals surface area contributed by atoms with Crippen LogP contribution in [0.3, 0.4) is 0 Å². The van der Waals surface area contributed by atoms with E-state index < -0.39 is 0 Å². The Morgan fingerprint density at radius 2 is 1.65 bits per heavy atom. The smallest absolute Gasteiger partial charge is 0.234 e. The predicted molar refractivity (Wildman–Crippen MR) is 84.4 cm³/mol. The fraction of sp³-hybridized carbons (Fsp3) is 0.588. The minimum atomic E-state index is -0.322. The van der Waals surface area contributed by atoms with Gasteiger partial charge in [-0.2, -0.15) is 0 Å². The van der Waals surface area contributed by atoms with E-state index in [0.29, 0.717) is 11.8 Å². The van der Waals surface area contributed by atoms with Crippen molar-refractivity contribution in [1.82, 2.24) is 5.32 Å². The van der Waals surface area contributed by atoms with E-state index in [1.54, 1.807) is 0 Å². The monoisotopic (exact) mass is 276 g/mol. The van der Waals surface area contributed by atoms with Crippen LogP contribution in [0.25, 0.3) is 0 Å². The zero-order valence-electron chi connectivity index (χ0n) is 13.3. The lowest BCUT2D eigenvalue weighted by molar-refractivity contribution is -0.119. The summed E-state index contributed by atoms with van der Waals surface area (Å²) in [4.78, 5) is 11.2. The van der Waals surface area contributed by atoms with E-state index >= 15 is 0 Å². The highest BCUT2D eigenvalue weighted by molar-refractivity contribution is 5.79. The van der Waals surface area contributed by atoms with Gasteiger partial charge in [0, 0.05) is 6.04 Å². The second kappa shape index (κ2) is 7.44. The van der Waals surface area contributed by atoms with Gasteiger partial charge in [-0.3, -0.25) is 10.1 Å². The van der Waals surface area contributed by atoms with E-state index in [2.05, 4.69) is 57.3 Å². The zero-order chi connectivity index (χ0) is 15.3. The molecule has 3 nitrogen and oxygen atoms in total. The number of carbonyl (C=O) groups excluding carboxylic acids is 1. The summed E-state index contributed by atoms with van der Waals surface area (Å²) in [6.45, 7) is 10.5.